The lowest BCUT2D eigenvalue weighted by atomic mass is 10.2. The Hall–Kier alpha value is -0.740. The zero-order valence-electron chi connectivity index (χ0n) is 7.83. The summed E-state index contributed by atoms with van der Waals surface area (Å²) in [5.74, 6) is 0.860. The fraction of sp³-hybridized carbons (Fsp3) is 0.200. The van der Waals surface area contributed by atoms with Crippen LogP contribution in [0.5, 0.6) is 10.8 Å². The monoisotopic (exact) mass is 272 g/mol. The van der Waals surface area contributed by atoms with Gasteiger partial charge in [-0.3, -0.25) is 0 Å². The highest BCUT2D eigenvalue weighted by atomic mass is 79.9. The van der Waals surface area contributed by atoms with Crippen LogP contribution in [-0.2, 0) is 0 Å². The molecule has 0 amide bonds. The average molecular weight is 273 g/mol. The molecule has 0 N–H and O–H groups in total. The molecular formula is C10H9BrO2S. The maximum Gasteiger partial charge on any atom is 0.189 e. The van der Waals surface area contributed by atoms with Crippen LogP contribution in [0.3, 0.4) is 0 Å². The molecule has 0 radical (unpaired) electrons. The second-order valence-electron chi connectivity index (χ2n) is 2.77. The smallest absolute Gasteiger partial charge is 0.189 e. The van der Waals surface area contributed by atoms with Crippen molar-refractivity contribution in [3.63, 3.8) is 0 Å². The Labute approximate surface area is 94.6 Å². The lowest BCUT2D eigenvalue weighted by Gasteiger charge is -1.98. The first-order valence-electron chi connectivity index (χ1n) is 4.06. The van der Waals surface area contributed by atoms with Crippen molar-refractivity contribution in [2.45, 2.75) is 0 Å². The second-order valence-corrected chi connectivity index (χ2v) is 4.58. The van der Waals surface area contributed by atoms with Gasteiger partial charge in [-0.05, 0) is 34.1 Å². The van der Waals surface area contributed by atoms with Gasteiger partial charge in [0.2, 0.25) is 0 Å². The van der Waals surface area contributed by atoms with E-state index in [4.69, 9.17) is 9.47 Å². The van der Waals surface area contributed by atoms with Crippen LogP contribution < -0.4 is 9.47 Å². The highest BCUT2D eigenvalue weighted by Gasteiger charge is 2.10. The molecule has 2 nitrogen and oxygen atoms in total. The van der Waals surface area contributed by atoms with Gasteiger partial charge >= 0.3 is 0 Å². The number of hydrogen-bond acceptors (Lipinski definition) is 3. The van der Waals surface area contributed by atoms with Gasteiger partial charge in [0.1, 0.15) is 5.75 Å². The maximum absolute atomic E-state index is 5.23. The number of thiophene rings is 1. The van der Waals surface area contributed by atoms with Gasteiger partial charge in [0.15, 0.2) is 5.06 Å². The molecule has 0 aliphatic heterocycles. The van der Waals surface area contributed by atoms with Gasteiger partial charge in [0.05, 0.1) is 18.7 Å². The third-order valence-corrected chi connectivity index (χ3v) is 4.17. The number of benzene rings is 1. The minimum atomic E-state index is 0.860. The third-order valence-electron chi connectivity index (χ3n) is 1.99. The highest BCUT2D eigenvalue weighted by Crippen LogP contribution is 2.42. The molecule has 14 heavy (non-hydrogen) atoms. The summed E-state index contributed by atoms with van der Waals surface area (Å²) in [6.45, 7) is 0. The lowest BCUT2D eigenvalue weighted by molar-refractivity contribution is 0.415. The molecule has 0 spiro atoms. The van der Waals surface area contributed by atoms with E-state index in [0.717, 1.165) is 20.7 Å². The molecule has 1 aromatic carbocycles. The SMILES string of the molecule is COc1ccc2sc(OC)c(Br)c2c1. The second kappa shape index (κ2) is 3.79. The zero-order valence-corrected chi connectivity index (χ0v) is 10.2. The number of halogens is 1. The molecular weight excluding hydrogens is 264 g/mol. The molecule has 0 bridgehead atoms. The summed E-state index contributed by atoms with van der Waals surface area (Å²) >= 11 is 5.12. The predicted octanol–water partition coefficient (Wildman–Crippen LogP) is 3.68. The first-order chi connectivity index (χ1) is 6.76. The first kappa shape index (κ1) is 9.80. The summed E-state index contributed by atoms with van der Waals surface area (Å²) in [5.41, 5.74) is 0. The maximum atomic E-state index is 5.23. The van der Waals surface area contributed by atoms with E-state index in [9.17, 15) is 0 Å². The van der Waals surface area contributed by atoms with Crippen LogP contribution in [0, 0.1) is 0 Å². The van der Waals surface area contributed by atoms with E-state index in [0.29, 0.717) is 0 Å². The van der Waals surface area contributed by atoms with E-state index in [1.165, 1.54) is 4.70 Å². The zero-order chi connectivity index (χ0) is 10.1. The molecule has 0 atom stereocenters. The van der Waals surface area contributed by atoms with Gasteiger partial charge in [-0.2, -0.15) is 0 Å². The van der Waals surface area contributed by atoms with E-state index in [-0.39, 0.29) is 0 Å². The van der Waals surface area contributed by atoms with E-state index in [1.807, 2.05) is 18.2 Å². The van der Waals surface area contributed by atoms with Crippen molar-refractivity contribution < 1.29 is 9.47 Å². The van der Waals surface area contributed by atoms with Gasteiger partial charge in [-0.1, -0.05) is 11.3 Å². The van der Waals surface area contributed by atoms with Crippen LogP contribution in [-0.4, -0.2) is 14.2 Å². The summed E-state index contributed by atoms with van der Waals surface area (Å²) in [7, 11) is 3.34. The Kier molecular flexibility index (Phi) is 2.65. The number of ether oxygens (including phenoxy) is 2. The number of hydrogen-bond donors (Lipinski definition) is 0. The van der Waals surface area contributed by atoms with Crippen LogP contribution in [0.15, 0.2) is 22.7 Å². The topological polar surface area (TPSA) is 18.5 Å². The van der Waals surface area contributed by atoms with E-state index in [1.54, 1.807) is 25.6 Å². The van der Waals surface area contributed by atoms with E-state index < -0.39 is 0 Å². The quantitative estimate of drug-likeness (QED) is 0.831. The van der Waals surface area contributed by atoms with E-state index >= 15 is 0 Å². The molecule has 4 heteroatoms. The molecule has 2 rings (SSSR count). The molecule has 0 fully saturated rings. The molecule has 1 heterocycles. The number of rotatable bonds is 2. The summed E-state index contributed by atoms with van der Waals surface area (Å²) < 4.78 is 12.6. The minimum absolute atomic E-state index is 0.860. The van der Waals surface area contributed by atoms with Crippen LogP contribution in [0.25, 0.3) is 10.1 Å². The Morgan fingerprint density at radius 1 is 1.21 bits per heavy atom. The molecule has 0 aliphatic carbocycles. The summed E-state index contributed by atoms with van der Waals surface area (Å²) in [5, 5.41) is 2.03. The van der Waals surface area contributed by atoms with Crippen LogP contribution in [0.1, 0.15) is 0 Å². The van der Waals surface area contributed by atoms with Crippen LogP contribution >= 0.6 is 27.3 Å². The Balaban J connectivity index is 2.68. The lowest BCUT2D eigenvalue weighted by Crippen LogP contribution is -1.80. The number of fused-ring (bicyclic) bond motifs is 1. The summed E-state index contributed by atoms with van der Waals surface area (Å²) in [6, 6.07) is 5.98. The van der Waals surface area contributed by atoms with Crippen molar-refractivity contribution in [1.29, 1.82) is 0 Å². The van der Waals surface area contributed by atoms with Crippen LogP contribution in [0.2, 0.25) is 0 Å². The predicted molar refractivity (Wildman–Crippen MR) is 62.6 cm³/mol. The van der Waals surface area contributed by atoms with Crippen molar-refractivity contribution >= 4 is 37.4 Å². The molecule has 0 saturated carbocycles. The Bertz CT molecular complexity index is 464. The molecule has 0 saturated heterocycles. The minimum Gasteiger partial charge on any atom is -0.497 e. The molecule has 74 valence electrons. The van der Waals surface area contributed by atoms with Crippen molar-refractivity contribution in [2.75, 3.05) is 14.2 Å². The number of methoxy groups -OCH3 is 2. The van der Waals surface area contributed by atoms with Gasteiger partial charge in [-0.25, -0.2) is 0 Å². The van der Waals surface area contributed by atoms with Gasteiger partial charge in [0.25, 0.3) is 0 Å². The largest absolute Gasteiger partial charge is 0.497 e. The normalized spacial score (nSPS) is 10.5. The molecule has 0 unspecified atom stereocenters. The summed E-state index contributed by atoms with van der Waals surface area (Å²) in [6.07, 6.45) is 0. The fourth-order valence-electron chi connectivity index (χ4n) is 1.28. The molecule has 0 aliphatic rings. The van der Waals surface area contributed by atoms with E-state index in [2.05, 4.69) is 15.9 Å². The standard InChI is InChI=1S/C10H9BrO2S/c1-12-6-3-4-8-7(5-6)9(11)10(13-2)14-8/h3-5H,1-2H3. The van der Waals surface area contributed by atoms with Gasteiger partial charge in [0, 0.05) is 10.1 Å². The highest BCUT2D eigenvalue weighted by molar-refractivity contribution is 9.10. The Morgan fingerprint density at radius 3 is 2.64 bits per heavy atom. The Morgan fingerprint density at radius 2 is 2.00 bits per heavy atom. The van der Waals surface area contributed by atoms with Gasteiger partial charge in [-0.15, -0.1) is 0 Å². The average Bonchev–Trinajstić information content (AvgIpc) is 2.55. The van der Waals surface area contributed by atoms with Crippen molar-refractivity contribution in [3.8, 4) is 10.8 Å². The first-order valence-corrected chi connectivity index (χ1v) is 5.67. The van der Waals surface area contributed by atoms with Crippen molar-refractivity contribution in [3.05, 3.63) is 22.7 Å². The molecule has 1 aromatic heterocycles. The van der Waals surface area contributed by atoms with Crippen LogP contribution in [0.4, 0.5) is 0 Å². The molecule has 2 aromatic rings. The van der Waals surface area contributed by atoms with Gasteiger partial charge < -0.3 is 9.47 Å². The fourth-order valence-corrected chi connectivity index (χ4v) is 3.04. The van der Waals surface area contributed by atoms with Crippen molar-refractivity contribution in [1.82, 2.24) is 0 Å². The summed E-state index contributed by atoms with van der Waals surface area (Å²) in [4.78, 5) is 0. The third kappa shape index (κ3) is 1.48. The van der Waals surface area contributed by atoms with Crippen molar-refractivity contribution in [2.24, 2.45) is 0 Å².